The SMILES string of the molecule is C=I1=CCCN(CCO)CC1. The summed E-state index contributed by atoms with van der Waals surface area (Å²) in [4.78, 5) is 2.33. The summed E-state index contributed by atoms with van der Waals surface area (Å²) in [7, 11) is 0. The second kappa shape index (κ2) is 5.11. The van der Waals surface area contributed by atoms with Gasteiger partial charge in [-0.1, -0.05) is 8.53 Å². The zero-order chi connectivity index (χ0) is 8.10. The van der Waals surface area contributed by atoms with E-state index in [1.54, 1.807) is 0 Å². The Kier molecular flexibility index (Phi) is 4.40. The Bertz CT molecular complexity index is 185. The first-order valence-electron chi connectivity index (χ1n) is 3.93. The molecule has 0 bridgehead atoms. The van der Waals surface area contributed by atoms with Gasteiger partial charge < -0.3 is 10.0 Å². The van der Waals surface area contributed by atoms with Crippen molar-refractivity contribution in [1.29, 1.82) is 0 Å². The Hall–Kier alpha value is 0.390. The third-order valence-corrected chi connectivity index (χ3v) is 5.57. The Balaban J connectivity index is 2.35. The second-order valence-electron chi connectivity index (χ2n) is 2.69. The van der Waals surface area contributed by atoms with Crippen LogP contribution in [0.15, 0.2) is 0 Å². The summed E-state index contributed by atoms with van der Waals surface area (Å²) in [6, 6.07) is 0. The maximum Gasteiger partial charge on any atom is 0.0558 e. The van der Waals surface area contributed by atoms with E-state index in [-0.39, 0.29) is 0 Å². The van der Waals surface area contributed by atoms with Crippen molar-refractivity contribution in [2.75, 3.05) is 30.7 Å². The van der Waals surface area contributed by atoms with E-state index in [0.29, 0.717) is 6.61 Å². The van der Waals surface area contributed by atoms with Crippen LogP contribution in [0.1, 0.15) is 6.42 Å². The lowest BCUT2D eigenvalue weighted by molar-refractivity contribution is 0.208. The van der Waals surface area contributed by atoms with E-state index in [0.717, 1.165) is 19.6 Å². The largest absolute Gasteiger partial charge is 0.395 e. The minimum absolute atomic E-state index is 0.297. The molecule has 0 atom stereocenters. The quantitative estimate of drug-likeness (QED) is 0.580. The molecule has 0 aromatic heterocycles. The molecule has 3 heteroatoms. The summed E-state index contributed by atoms with van der Waals surface area (Å²) < 4.78 is 7.89. The molecule has 1 N–H and O–H groups in total. The normalized spacial score (nSPS) is 22.6. The fraction of sp³-hybridized carbons (Fsp3) is 0.750. The van der Waals surface area contributed by atoms with Crippen LogP contribution in [0.4, 0.5) is 0 Å². The highest BCUT2D eigenvalue weighted by Crippen LogP contribution is 2.10. The molecule has 1 aliphatic rings. The molecule has 1 aliphatic heterocycles. The van der Waals surface area contributed by atoms with Crippen LogP contribution in [0.5, 0.6) is 0 Å². The summed E-state index contributed by atoms with van der Waals surface area (Å²) in [5, 5.41) is 8.72. The van der Waals surface area contributed by atoms with Crippen molar-refractivity contribution in [3.63, 3.8) is 0 Å². The Morgan fingerprint density at radius 2 is 2.36 bits per heavy atom. The number of hydrogen-bond acceptors (Lipinski definition) is 2. The topological polar surface area (TPSA) is 23.5 Å². The molecular formula is C8H16INO. The van der Waals surface area contributed by atoms with Gasteiger partial charge in [0, 0.05) is 24.1 Å². The lowest BCUT2D eigenvalue weighted by Gasteiger charge is -2.17. The highest BCUT2D eigenvalue weighted by molar-refractivity contribution is 14.2. The van der Waals surface area contributed by atoms with E-state index in [2.05, 4.69) is 13.4 Å². The molecule has 0 amide bonds. The molecule has 0 saturated carbocycles. The number of halogens is 1. The lowest BCUT2D eigenvalue weighted by atomic mass is 10.4. The first kappa shape index (κ1) is 9.48. The Morgan fingerprint density at radius 3 is 3.09 bits per heavy atom. The molecular weight excluding hydrogens is 253 g/mol. The van der Waals surface area contributed by atoms with Gasteiger partial charge in [-0.25, -0.2) is 0 Å². The molecule has 0 fully saturated rings. The fourth-order valence-electron chi connectivity index (χ4n) is 1.17. The maximum absolute atomic E-state index is 8.72. The van der Waals surface area contributed by atoms with Crippen molar-refractivity contribution < 1.29 is 5.11 Å². The number of aliphatic hydroxyl groups excluding tert-OH is 1. The van der Waals surface area contributed by atoms with Gasteiger partial charge in [0.25, 0.3) is 0 Å². The molecule has 1 rings (SSSR count). The van der Waals surface area contributed by atoms with E-state index < -0.39 is 18.9 Å². The van der Waals surface area contributed by atoms with Gasteiger partial charge in [0.15, 0.2) is 0 Å². The zero-order valence-electron chi connectivity index (χ0n) is 6.80. The van der Waals surface area contributed by atoms with E-state index in [9.17, 15) is 0 Å². The van der Waals surface area contributed by atoms with Crippen LogP contribution in [0.3, 0.4) is 0 Å². The third kappa shape index (κ3) is 3.53. The van der Waals surface area contributed by atoms with E-state index in [1.165, 1.54) is 10.8 Å². The smallest absolute Gasteiger partial charge is 0.0558 e. The predicted octanol–water partition coefficient (Wildman–Crippen LogP) is 0.425. The van der Waals surface area contributed by atoms with Crippen LogP contribution in [-0.4, -0.2) is 49.2 Å². The van der Waals surface area contributed by atoms with Crippen molar-refractivity contribution in [3.8, 4) is 0 Å². The average molecular weight is 269 g/mol. The Labute approximate surface area is 74.6 Å². The van der Waals surface area contributed by atoms with E-state index >= 15 is 0 Å². The number of rotatable bonds is 2. The van der Waals surface area contributed by atoms with Crippen molar-refractivity contribution in [2.24, 2.45) is 0 Å². The fourth-order valence-corrected chi connectivity index (χ4v) is 4.07. The van der Waals surface area contributed by atoms with Gasteiger partial charge in [-0.3, -0.25) is 0 Å². The number of β-amino-alcohol motifs (C(OH)–C–C–N with tert-alkyl or cyclic N) is 1. The van der Waals surface area contributed by atoms with Gasteiger partial charge in [0.2, 0.25) is 0 Å². The van der Waals surface area contributed by atoms with Crippen LogP contribution < -0.4 is 0 Å². The number of aliphatic hydroxyl groups is 1. The lowest BCUT2D eigenvalue weighted by Crippen LogP contribution is -2.29. The Morgan fingerprint density at radius 1 is 1.55 bits per heavy atom. The standard InChI is InChI=1S/C8H16INO/c1-9-3-2-5-10(6-4-9)7-8-11/h3,11H,1-2,4-8H2. The molecule has 1 heterocycles. The second-order valence-corrected chi connectivity index (χ2v) is 7.49. The molecule has 0 radical (unpaired) electrons. The zero-order valence-corrected chi connectivity index (χ0v) is 8.96. The minimum atomic E-state index is -0.857. The molecule has 0 unspecified atom stereocenters. The summed E-state index contributed by atoms with van der Waals surface area (Å²) in [6.07, 6.45) is 1.19. The molecule has 0 aromatic rings. The minimum Gasteiger partial charge on any atom is -0.395 e. The molecule has 0 aliphatic carbocycles. The van der Waals surface area contributed by atoms with Crippen LogP contribution in [0, 0.1) is 0 Å². The summed E-state index contributed by atoms with van der Waals surface area (Å²) in [6.45, 7) is 3.43. The highest BCUT2D eigenvalue weighted by atomic mass is 127. The van der Waals surface area contributed by atoms with Gasteiger partial charge in [0.05, 0.1) is 6.61 Å². The van der Waals surface area contributed by atoms with Gasteiger partial charge in [-0.15, -0.1) is 0 Å². The maximum atomic E-state index is 8.72. The molecule has 66 valence electrons. The monoisotopic (exact) mass is 269 g/mol. The van der Waals surface area contributed by atoms with Gasteiger partial charge in [-0.2, -0.15) is 18.9 Å². The van der Waals surface area contributed by atoms with Gasteiger partial charge in [-0.05, 0) is 6.42 Å². The molecule has 0 saturated heterocycles. The van der Waals surface area contributed by atoms with E-state index in [1.807, 2.05) is 0 Å². The number of hydrogen-bond donors (Lipinski definition) is 1. The summed E-state index contributed by atoms with van der Waals surface area (Å²) >= 11 is -0.857. The van der Waals surface area contributed by atoms with E-state index in [4.69, 9.17) is 5.11 Å². The molecule has 11 heavy (non-hydrogen) atoms. The highest BCUT2D eigenvalue weighted by Gasteiger charge is 2.04. The first-order valence-corrected chi connectivity index (χ1v) is 8.22. The summed E-state index contributed by atoms with van der Waals surface area (Å²) in [5.41, 5.74) is 0. The summed E-state index contributed by atoms with van der Waals surface area (Å²) in [5.74, 6) is 0. The van der Waals surface area contributed by atoms with Crippen LogP contribution in [-0.2, 0) is 0 Å². The molecule has 0 spiro atoms. The van der Waals surface area contributed by atoms with Crippen molar-refractivity contribution >= 4 is 27.4 Å². The first-order chi connectivity index (χ1) is 5.33. The van der Waals surface area contributed by atoms with Crippen molar-refractivity contribution in [3.05, 3.63) is 0 Å². The van der Waals surface area contributed by atoms with Gasteiger partial charge >= 0.3 is 0 Å². The average Bonchev–Trinajstić information content (AvgIpc) is 2.17. The van der Waals surface area contributed by atoms with Crippen LogP contribution in [0.25, 0.3) is 0 Å². The predicted molar refractivity (Wildman–Crippen MR) is 60.2 cm³/mol. The number of nitrogens with zero attached hydrogens (tertiary/aromatic N) is 1. The van der Waals surface area contributed by atoms with Crippen LogP contribution >= 0.6 is 18.9 Å². The third-order valence-electron chi connectivity index (χ3n) is 1.83. The molecule has 0 aromatic carbocycles. The number of alkyl halides is 1. The molecule has 2 nitrogen and oxygen atoms in total. The van der Waals surface area contributed by atoms with Crippen LogP contribution in [0.2, 0.25) is 0 Å². The van der Waals surface area contributed by atoms with Crippen molar-refractivity contribution in [1.82, 2.24) is 4.90 Å². The van der Waals surface area contributed by atoms with Crippen molar-refractivity contribution in [2.45, 2.75) is 6.42 Å². The van der Waals surface area contributed by atoms with Gasteiger partial charge in [0.1, 0.15) is 0 Å².